The molecule has 4 aromatic rings. The smallest absolute Gasteiger partial charge is 0.246 e. The van der Waals surface area contributed by atoms with Crippen LogP contribution in [0.1, 0.15) is 19.8 Å². The molecule has 1 saturated heterocycles. The Balaban J connectivity index is 1.52. The molecule has 1 aromatic carbocycles. The van der Waals surface area contributed by atoms with Crippen LogP contribution in [0.15, 0.2) is 61.6 Å². The number of aryl methyl sites for hydroxylation is 1. The summed E-state index contributed by atoms with van der Waals surface area (Å²) in [5.74, 6) is 1.16. The number of anilines is 3. The summed E-state index contributed by atoms with van der Waals surface area (Å²) < 4.78 is 1.84. The molecule has 0 unspecified atom stereocenters. The molecule has 0 saturated carbocycles. The summed E-state index contributed by atoms with van der Waals surface area (Å²) in [7, 11) is 0. The number of hydrogen-bond donors (Lipinski definition) is 3. The van der Waals surface area contributed by atoms with Gasteiger partial charge in [0.15, 0.2) is 0 Å². The topological polar surface area (TPSA) is 104 Å². The molecular formula is C25H28N8O. The van der Waals surface area contributed by atoms with Crippen molar-refractivity contribution in [3.8, 4) is 11.1 Å². The lowest BCUT2D eigenvalue weighted by Crippen LogP contribution is -2.44. The summed E-state index contributed by atoms with van der Waals surface area (Å²) in [5, 5.41) is 12.1. The zero-order valence-electron chi connectivity index (χ0n) is 19.2. The third-order valence-corrected chi connectivity index (χ3v) is 6.08. The van der Waals surface area contributed by atoms with Gasteiger partial charge in [-0.3, -0.25) is 9.48 Å². The number of carbonyl (C=O) groups excluding carboxylic acids is 1. The predicted octanol–water partition coefficient (Wildman–Crippen LogP) is 4.17. The van der Waals surface area contributed by atoms with Crippen LogP contribution in [0, 0.1) is 0 Å². The SMILES string of the molecule is C=CC(=O)N1CCC[C@@H](Nc2nc(Nc3cnn(CC)c3)nc3[nH]cc(-c4ccccc4)c23)C1. The van der Waals surface area contributed by atoms with Crippen molar-refractivity contribution < 1.29 is 4.79 Å². The maximum absolute atomic E-state index is 12.2. The number of carbonyl (C=O) groups is 1. The number of amides is 1. The van der Waals surface area contributed by atoms with Gasteiger partial charge in [-0.05, 0) is 31.4 Å². The zero-order valence-corrected chi connectivity index (χ0v) is 19.2. The minimum absolute atomic E-state index is 0.0405. The molecule has 1 amide bonds. The minimum Gasteiger partial charge on any atom is -0.365 e. The highest BCUT2D eigenvalue weighted by Crippen LogP contribution is 2.34. The number of nitrogens with one attached hydrogen (secondary N) is 3. The van der Waals surface area contributed by atoms with Gasteiger partial charge in [0.2, 0.25) is 11.9 Å². The number of fused-ring (bicyclic) bond motifs is 1. The Morgan fingerprint density at radius 3 is 2.91 bits per heavy atom. The third-order valence-electron chi connectivity index (χ3n) is 6.08. The molecule has 9 heteroatoms. The fraction of sp³-hybridized carbons (Fsp3) is 0.280. The van der Waals surface area contributed by atoms with Crippen molar-refractivity contribution in [2.75, 3.05) is 23.7 Å². The Kier molecular flexibility index (Phi) is 5.99. The van der Waals surface area contributed by atoms with E-state index in [1.54, 1.807) is 6.20 Å². The normalized spacial score (nSPS) is 15.9. The Bertz CT molecular complexity index is 1310. The van der Waals surface area contributed by atoms with Crippen LogP contribution in [-0.4, -0.2) is 54.7 Å². The van der Waals surface area contributed by atoms with E-state index in [1.165, 1.54) is 6.08 Å². The Morgan fingerprint density at radius 2 is 2.15 bits per heavy atom. The van der Waals surface area contributed by atoms with Gasteiger partial charge < -0.3 is 20.5 Å². The highest BCUT2D eigenvalue weighted by molar-refractivity contribution is 6.01. The first-order valence-corrected chi connectivity index (χ1v) is 11.6. The molecule has 1 fully saturated rings. The van der Waals surface area contributed by atoms with E-state index in [2.05, 4.69) is 39.4 Å². The Labute approximate surface area is 197 Å². The third kappa shape index (κ3) is 4.36. The number of likely N-dealkylation sites (tertiary alicyclic amines) is 1. The van der Waals surface area contributed by atoms with Gasteiger partial charge in [0.1, 0.15) is 11.5 Å². The molecule has 0 aliphatic carbocycles. The second-order valence-corrected chi connectivity index (χ2v) is 8.37. The van der Waals surface area contributed by atoms with Crippen molar-refractivity contribution in [2.45, 2.75) is 32.4 Å². The second-order valence-electron chi connectivity index (χ2n) is 8.37. The van der Waals surface area contributed by atoms with Crippen LogP contribution in [0.4, 0.5) is 17.5 Å². The van der Waals surface area contributed by atoms with Crippen LogP contribution in [0.3, 0.4) is 0 Å². The van der Waals surface area contributed by atoms with E-state index in [4.69, 9.17) is 9.97 Å². The van der Waals surface area contributed by atoms with Gasteiger partial charge in [-0.15, -0.1) is 0 Å². The van der Waals surface area contributed by atoms with E-state index in [1.807, 2.05) is 47.1 Å². The fourth-order valence-corrected chi connectivity index (χ4v) is 4.39. The van der Waals surface area contributed by atoms with Crippen LogP contribution < -0.4 is 10.6 Å². The van der Waals surface area contributed by atoms with Crippen LogP contribution in [0.5, 0.6) is 0 Å². The van der Waals surface area contributed by atoms with Gasteiger partial charge in [-0.25, -0.2) is 0 Å². The summed E-state index contributed by atoms with van der Waals surface area (Å²) in [5.41, 5.74) is 3.66. The molecular weight excluding hydrogens is 428 g/mol. The number of aromatic nitrogens is 5. The predicted molar refractivity (Wildman–Crippen MR) is 134 cm³/mol. The van der Waals surface area contributed by atoms with Crippen molar-refractivity contribution >= 4 is 34.4 Å². The summed E-state index contributed by atoms with van der Waals surface area (Å²) in [6.45, 7) is 7.80. The van der Waals surface area contributed by atoms with Gasteiger partial charge in [0, 0.05) is 43.6 Å². The summed E-state index contributed by atoms with van der Waals surface area (Å²) in [4.78, 5) is 26.9. The molecule has 1 aliphatic heterocycles. The lowest BCUT2D eigenvalue weighted by Gasteiger charge is -2.33. The van der Waals surface area contributed by atoms with Crippen LogP contribution in [-0.2, 0) is 11.3 Å². The number of piperidine rings is 1. The standard InChI is InChI=1S/C25H28N8O/c1-3-21(34)32-12-8-11-18(15-32)28-24-22-20(17-9-6-5-7-10-17)14-26-23(22)30-25(31-24)29-19-13-27-33(4-2)16-19/h3,5-7,9-10,13-14,16,18H,1,4,8,11-12,15H2,2H3,(H3,26,28,29,30,31)/t18-/m1/s1. The quantitative estimate of drug-likeness (QED) is 0.361. The number of H-pyrrole nitrogens is 1. The molecule has 3 aromatic heterocycles. The van der Waals surface area contributed by atoms with Crippen LogP contribution in [0.25, 0.3) is 22.2 Å². The number of nitrogens with zero attached hydrogens (tertiary/aromatic N) is 5. The van der Waals surface area contributed by atoms with Crippen molar-refractivity contribution in [1.29, 1.82) is 0 Å². The van der Waals surface area contributed by atoms with E-state index < -0.39 is 0 Å². The maximum atomic E-state index is 12.2. The van der Waals surface area contributed by atoms with Gasteiger partial charge in [-0.1, -0.05) is 36.9 Å². The average molecular weight is 457 g/mol. The van der Waals surface area contributed by atoms with Gasteiger partial charge in [-0.2, -0.15) is 15.1 Å². The zero-order chi connectivity index (χ0) is 23.5. The molecule has 1 atom stereocenters. The van der Waals surface area contributed by atoms with E-state index in [9.17, 15) is 4.79 Å². The first kappa shape index (κ1) is 21.7. The molecule has 4 heterocycles. The lowest BCUT2D eigenvalue weighted by molar-refractivity contribution is -0.127. The average Bonchev–Trinajstić information content (AvgIpc) is 3.51. The van der Waals surface area contributed by atoms with E-state index >= 15 is 0 Å². The van der Waals surface area contributed by atoms with Gasteiger partial charge in [0.25, 0.3) is 0 Å². The molecule has 0 spiro atoms. The molecule has 34 heavy (non-hydrogen) atoms. The summed E-state index contributed by atoms with van der Waals surface area (Å²) in [6.07, 6.45) is 8.89. The Morgan fingerprint density at radius 1 is 1.29 bits per heavy atom. The molecule has 174 valence electrons. The summed E-state index contributed by atoms with van der Waals surface area (Å²) >= 11 is 0. The highest BCUT2D eigenvalue weighted by Gasteiger charge is 2.24. The monoisotopic (exact) mass is 456 g/mol. The minimum atomic E-state index is -0.0405. The van der Waals surface area contributed by atoms with Crippen molar-refractivity contribution in [3.63, 3.8) is 0 Å². The first-order chi connectivity index (χ1) is 16.6. The van der Waals surface area contributed by atoms with Gasteiger partial charge >= 0.3 is 0 Å². The van der Waals surface area contributed by atoms with Crippen LogP contribution >= 0.6 is 0 Å². The van der Waals surface area contributed by atoms with Crippen molar-refractivity contribution in [3.05, 3.63) is 61.6 Å². The lowest BCUT2D eigenvalue weighted by atomic mass is 10.0. The molecule has 9 nitrogen and oxygen atoms in total. The van der Waals surface area contributed by atoms with Crippen LogP contribution in [0.2, 0.25) is 0 Å². The summed E-state index contributed by atoms with van der Waals surface area (Å²) in [6, 6.07) is 10.3. The molecule has 5 rings (SSSR count). The molecule has 0 radical (unpaired) electrons. The first-order valence-electron chi connectivity index (χ1n) is 11.6. The van der Waals surface area contributed by atoms with Gasteiger partial charge in [0.05, 0.1) is 17.3 Å². The molecule has 3 N–H and O–H groups in total. The fourth-order valence-electron chi connectivity index (χ4n) is 4.39. The highest BCUT2D eigenvalue weighted by atomic mass is 16.2. The Hall–Kier alpha value is -4.14. The molecule has 1 aliphatic rings. The van der Waals surface area contributed by atoms with Crippen molar-refractivity contribution in [2.24, 2.45) is 0 Å². The van der Waals surface area contributed by atoms with E-state index in [0.717, 1.165) is 59.6 Å². The number of rotatable bonds is 7. The number of aromatic amines is 1. The second kappa shape index (κ2) is 9.38. The number of hydrogen-bond acceptors (Lipinski definition) is 6. The molecule has 0 bridgehead atoms. The van der Waals surface area contributed by atoms with E-state index in [0.29, 0.717) is 12.5 Å². The maximum Gasteiger partial charge on any atom is 0.246 e. The van der Waals surface area contributed by atoms with E-state index in [-0.39, 0.29) is 11.9 Å². The number of benzene rings is 1. The largest absolute Gasteiger partial charge is 0.365 e. The van der Waals surface area contributed by atoms with Crippen molar-refractivity contribution in [1.82, 2.24) is 29.6 Å².